The molecule has 1 aromatic heterocycles. The average molecular weight is 288 g/mol. The Morgan fingerprint density at radius 2 is 2.10 bits per heavy atom. The molecule has 0 saturated heterocycles. The van der Waals surface area contributed by atoms with E-state index in [0.29, 0.717) is 33.0 Å². The molecular weight excluding hydrogens is 275 g/mol. The van der Waals surface area contributed by atoms with Crippen LogP contribution >= 0.6 is 11.8 Å². The van der Waals surface area contributed by atoms with Gasteiger partial charge >= 0.3 is 0 Å². The number of hydrogen-bond donors (Lipinski definition) is 1. The number of aromatic nitrogens is 1. The lowest BCUT2D eigenvalue weighted by atomic mass is 9.99. The molecule has 0 aliphatic carbocycles. The van der Waals surface area contributed by atoms with Gasteiger partial charge in [0.2, 0.25) is 0 Å². The van der Waals surface area contributed by atoms with Crippen LogP contribution in [0.15, 0.2) is 29.3 Å². The molecule has 2 rings (SSSR count). The Hall–Kier alpha value is -1.90. The number of nitrogens with zero attached hydrogens (tertiary/aromatic N) is 2. The zero-order valence-corrected chi connectivity index (χ0v) is 12.0. The average Bonchev–Trinajstić information content (AvgIpc) is 2.46. The molecule has 0 spiro atoms. The van der Waals surface area contributed by atoms with Crippen LogP contribution in [0.4, 0.5) is 4.39 Å². The van der Waals surface area contributed by atoms with E-state index < -0.39 is 5.82 Å². The van der Waals surface area contributed by atoms with Crippen LogP contribution in [0.25, 0.3) is 11.3 Å². The molecule has 1 heterocycles. The van der Waals surface area contributed by atoms with Crippen molar-refractivity contribution in [2.24, 2.45) is 0 Å². The zero-order valence-electron chi connectivity index (χ0n) is 11.1. The summed E-state index contributed by atoms with van der Waals surface area (Å²) in [4.78, 5) is 4.37. The first-order chi connectivity index (χ1) is 9.63. The third-order valence-electron chi connectivity index (χ3n) is 3.13. The first-order valence-electron chi connectivity index (χ1n) is 5.97. The van der Waals surface area contributed by atoms with Crippen LogP contribution in [-0.2, 0) is 6.61 Å². The molecule has 0 saturated carbocycles. The predicted octanol–water partition coefficient (Wildman–Crippen LogP) is 3.28. The van der Waals surface area contributed by atoms with Crippen LogP contribution in [0.1, 0.15) is 16.7 Å². The van der Waals surface area contributed by atoms with Crippen LogP contribution in [0.2, 0.25) is 0 Å². The Kier molecular flexibility index (Phi) is 4.38. The maximum Gasteiger partial charge on any atom is 0.132 e. The van der Waals surface area contributed by atoms with E-state index in [4.69, 9.17) is 0 Å². The van der Waals surface area contributed by atoms with E-state index in [2.05, 4.69) is 11.1 Å². The zero-order chi connectivity index (χ0) is 14.7. The van der Waals surface area contributed by atoms with Crippen LogP contribution in [0.5, 0.6) is 0 Å². The normalized spacial score (nSPS) is 10.3. The quantitative estimate of drug-likeness (QED) is 0.881. The van der Waals surface area contributed by atoms with Crippen molar-refractivity contribution in [2.45, 2.75) is 18.6 Å². The predicted molar refractivity (Wildman–Crippen MR) is 76.8 cm³/mol. The highest BCUT2D eigenvalue weighted by Gasteiger charge is 2.18. The molecule has 0 amide bonds. The first kappa shape index (κ1) is 14.5. The topological polar surface area (TPSA) is 56.9 Å². The summed E-state index contributed by atoms with van der Waals surface area (Å²) in [5, 5.41) is 19.3. The molecule has 0 radical (unpaired) electrons. The number of pyridine rings is 1. The minimum absolute atomic E-state index is 0.286. The van der Waals surface area contributed by atoms with E-state index in [1.54, 1.807) is 25.1 Å². The maximum absolute atomic E-state index is 13.9. The number of halogens is 1. The van der Waals surface area contributed by atoms with Crippen molar-refractivity contribution >= 4 is 11.8 Å². The van der Waals surface area contributed by atoms with Gasteiger partial charge in [-0.15, -0.1) is 11.8 Å². The van der Waals surface area contributed by atoms with Crippen molar-refractivity contribution in [3.8, 4) is 17.3 Å². The van der Waals surface area contributed by atoms with Gasteiger partial charge in [0.1, 0.15) is 16.9 Å². The third-order valence-corrected chi connectivity index (χ3v) is 3.82. The third kappa shape index (κ3) is 2.40. The Balaban J connectivity index is 2.81. The van der Waals surface area contributed by atoms with E-state index in [0.717, 1.165) is 0 Å². The number of benzene rings is 1. The van der Waals surface area contributed by atoms with Crippen LogP contribution in [0, 0.1) is 24.1 Å². The van der Waals surface area contributed by atoms with Gasteiger partial charge in [-0.05, 0) is 30.9 Å². The maximum atomic E-state index is 13.9. The van der Waals surface area contributed by atoms with Crippen molar-refractivity contribution in [2.75, 3.05) is 6.26 Å². The van der Waals surface area contributed by atoms with Gasteiger partial charge in [0.05, 0.1) is 17.9 Å². The van der Waals surface area contributed by atoms with E-state index in [-0.39, 0.29) is 6.61 Å². The molecule has 0 aliphatic rings. The lowest BCUT2D eigenvalue weighted by Gasteiger charge is -2.14. The smallest absolute Gasteiger partial charge is 0.132 e. The van der Waals surface area contributed by atoms with Crippen molar-refractivity contribution in [3.05, 3.63) is 46.8 Å². The Morgan fingerprint density at radius 3 is 2.65 bits per heavy atom. The second kappa shape index (κ2) is 6.04. The molecule has 3 nitrogen and oxygen atoms in total. The monoisotopic (exact) mass is 288 g/mol. The molecule has 0 bridgehead atoms. The van der Waals surface area contributed by atoms with Crippen molar-refractivity contribution in [3.63, 3.8) is 0 Å². The molecule has 0 aliphatic heterocycles. The lowest BCUT2D eigenvalue weighted by Crippen LogP contribution is -2.03. The van der Waals surface area contributed by atoms with Gasteiger partial charge < -0.3 is 5.11 Å². The number of aliphatic hydroxyl groups is 1. The molecule has 20 heavy (non-hydrogen) atoms. The Bertz CT molecular complexity index is 695. The first-order valence-corrected chi connectivity index (χ1v) is 7.19. The van der Waals surface area contributed by atoms with Crippen molar-refractivity contribution in [1.29, 1.82) is 5.26 Å². The van der Waals surface area contributed by atoms with Gasteiger partial charge in [-0.25, -0.2) is 9.37 Å². The van der Waals surface area contributed by atoms with Gasteiger partial charge in [-0.2, -0.15) is 5.26 Å². The summed E-state index contributed by atoms with van der Waals surface area (Å²) in [5.41, 5.74) is 2.30. The van der Waals surface area contributed by atoms with E-state index in [1.165, 1.54) is 17.8 Å². The number of nitriles is 1. The highest BCUT2D eigenvalue weighted by atomic mass is 32.2. The second-order valence-corrected chi connectivity index (χ2v) is 4.99. The molecular formula is C15H13FN2OS. The number of aliphatic hydroxyl groups excluding tert-OH is 1. The highest BCUT2D eigenvalue weighted by Crippen LogP contribution is 2.32. The molecule has 1 N–H and O–H groups in total. The summed E-state index contributed by atoms with van der Waals surface area (Å²) >= 11 is 1.33. The second-order valence-electron chi connectivity index (χ2n) is 4.20. The highest BCUT2D eigenvalue weighted by molar-refractivity contribution is 7.98. The summed E-state index contributed by atoms with van der Waals surface area (Å²) in [5.74, 6) is -0.397. The van der Waals surface area contributed by atoms with Crippen molar-refractivity contribution in [1.82, 2.24) is 4.98 Å². The van der Waals surface area contributed by atoms with Crippen LogP contribution < -0.4 is 0 Å². The summed E-state index contributed by atoms with van der Waals surface area (Å²) in [7, 11) is 0. The fourth-order valence-corrected chi connectivity index (χ4v) is 2.65. The molecule has 2 aromatic rings. The number of hydrogen-bond acceptors (Lipinski definition) is 4. The Labute approximate surface area is 121 Å². The lowest BCUT2D eigenvalue weighted by molar-refractivity contribution is 0.281. The van der Waals surface area contributed by atoms with E-state index in [1.807, 2.05) is 6.26 Å². The van der Waals surface area contributed by atoms with E-state index in [9.17, 15) is 14.8 Å². The summed E-state index contributed by atoms with van der Waals surface area (Å²) in [6, 6.07) is 8.38. The number of thioether (sulfide) groups is 1. The van der Waals surface area contributed by atoms with E-state index >= 15 is 0 Å². The minimum atomic E-state index is -0.397. The fraction of sp³-hybridized carbons (Fsp3) is 0.200. The molecule has 0 unspecified atom stereocenters. The molecule has 0 atom stereocenters. The summed E-state index contributed by atoms with van der Waals surface area (Å²) < 4.78 is 13.9. The van der Waals surface area contributed by atoms with Gasteiger partial charge in [0.15, 0.2) is 0 Å². The number of rotatable bonds is 3. The fourth-order valence-electron chi connectivity index (χ4n) is 2.06. The molecule has 102 valence electrons. The minimum Gasteiger partial charge on any atom is -0.392 e. The summed E-state index contributed by atoms with van der Waals surface area (Å²) in [6.07, 6.45) is 1.81. The summed E-state index contributed by atoms with van der Waals surface area (Å²) in [6.45, 7) is 1.46. The van der Waals surface area contributed by atoms with Gasteiger partial charge in [0.25, 0.3) is 0 Å². The molecule has 0 fully saturated rings. The Morgan fingerprint density at radius 1 is 1.40 bits per heavy atom. The van der Waals surface area contributed by atoms with Crippen molar-refractivity contribution < 1.29 is 9.50 Å². The molecule has 5 heteroatoms. The SMILES string of the molecule is CSc1nc(-c2ccccc2F)c(CO)c(C)c1C#N. The van der Waals surface area contributed by atoms with Gasteiger partial charge in [0, 0.05) is 11.1 Å². The van der Waals surface area contributed by atoms with Crippen LogP contribution in [-0.4, -0.2) is 16.3 Å². The van der Waals surface area contributed by atoms with Gasteiger partial charge in [-0.3, -0.25) is 0 Å². The standard InChI is InChI=1S/C15H13FN2OS/c1-9-11(7-17)15(20-2)18-14(12(9)8-19)10-5-3-4-6-13(10)16/h3-6,19H,8H2,1-2H3. The van der Waals surface area contributed by atoms with Gasteiger partial charge in [-0.1, -0.05) is 12.1 Å². The molecule has 1 aromatic carbocycles. The largest absolute Gasteiger partial charge is 0.392 e. The van der Waals surface area contributed by atoms with Crippen LogP contribution in [0.3, 0.4) is 0 Å².